The van der Waals surface area contributed by atoms with Crippen molar-refractivity contribution in [1.82, 2.24) is 0 Å². The SMILES string of the molecule is CCCCCCC/C=C\C/C=C\C/C=C\CCCCCCCCCCCCCCCCCCCCCCCCC(=O)OC(COC(=O)CCCCCCCCC)COP(=O)([O-])OCC[N+](C)(C)C. The smallest absolute Gasteiger partial charge is 0.306 e. The highest BCUT2D eigenvalue weighted by atomic mass is 31.2. The zero-order valence-electron chi connectivity index (χ0n) is 45.3. The number of ether oxygens (including phenoxy) is 2. The number of quaternary nitrogens is 1. The zero-order valence-corrected chi connectivity index (χ0v) is 46.2. The van der Waals surface area contributed by atoms with Crippen LogP contribution in [-0.2, 0) is 32.7 Å². The molecule has 400 valence electrons. The molecule has 0 aromatic carbocycles. The molecule has 0 heterocycles. The molecule has 0 aliphatic rings. The van der Waals surface area contributed by atoms with Gasteiger partial charge in [0.25, 0.3) is 7.82 Å². The Hall–Kier alpha value is -1.77. The van der Waals surface area contributed by atoms with Crippen LogP contribution in [0.15, 0.2) is 36.5 Å². The molecular weight excluding hydrogens is 870 g/mol. The Morgan fingerprint density at radius 1 is 0.456 bits per heavy atom. The minimum atomic E-state index is -4.62. The number of allylic oxidation sites excluding steroid dienone is 6. The molecule has 0 fully saturated rings. The minimum Gasteiger partial charge on any atom is -0.756 e. The number of hydrogen-bond donors (Lipinski definition) is 0. The second-order valence-corrected chi connectivity index (χ2v) is 22.1. The summed E-state index contributed by atoms with van der Waals surface area (Å²) >= 11 is 0. The number of carbonyl (C=O) groups is 2. The van der Waals surface area contributed by atoms with Gasteiger partial charge >= 0.3 is 11.9 Å². The van der Waals surface area contributed by atoms with E-state index in [1.807, 2.05) is 21.1 Å². The molecule has 0 spiro atoms. The molecule has 2 unspecified atom stereocenters. The van der Waals surface area contributed by atoms with Gasteiger partial charge < -0.3 is 27.9 Å². The highest BCUT2D eigenvalue weighted by Gasteiger charge is 2.22. The first-order valence-electron chi connectivity index (χ1n) is 28.7. The zero-order chi connectivity index (χ0) is 49.9. The molecule has 68 heavy (non-hydrogen) atoms. The van der Waals surface area contributed by atoms with E-state index in [1.54, 1.807) is 0 Å². The van der Waals surface area contributed by atoms with E-state index < -0.39 is 26.5 Å². The van der Waals surface area contributed by atoms with Crippen molar-refractivity contribution in [2.45, 2.75) is 277 Å². The van der Waals surface area contributed by atoms with Crippen molar-refractivity contribution in [3.8, 4) is 0 Å². The first-order valence-corrected chi connectivity index (χ1v) is 30.2. The van der Waals surface area contributed by atoms with Crippen LogP contribution in [0.2, 0.25) is 0 Å². The van der Waals surface area contributed by atoms with E-state index in [4.69, 9.17) is 18.5 Å². The van der Waals surface area contributed by atoms with Gasteiger partial charge in [-0.15, -0.1) is 0 Å². The quantitative estimate of drug-likeness (QED) is 0.0195. The molecular formula is C58H110NO8P. The predicted molar refractivity (Wildman–Crippen MR) is 287 cm³/mol. The second-order valence-electron chi connectivity index (χ2n) is 20.7. The van der Waals surface area contributed by atoms with Gasteiger partial charge in [-0.2, -0.15) is 0 Å². The monoisotopic (exact) mass is 980 g/mol. The largest absolute Gasteiger partial charge is 0.756 e. The summed E-state index contributed by atoms with van der Waals surface area (Å²) in [6.07, 6.45) is 61.1. The summed E-state index contributed by atoms with van der Waals surface area (Å²) in [4.78, 5) is 37.5. The van der Waals surface area contributed by atoms with Gasteiger partial charge in [0.2, 0.25) is 0 Å². The number of carbonyl (C=O) groups excluding carboxylic acids is 2. The number of phosphoric acid groups is 1. The third-order valence-electron chi connectivity index (χ3n) is 12.7. The molecule has 0 amide bonds. The molecule has 0 aromatic rings. The fourth-order valence-electron chi connectivity index (χ4n) is 8.19. The van der Waals surface area contributed by atoms with Gasteiger partial charge in [-0.1, -0.05) is 243 Å². The fourth-order valence-corrected chi connectivity index (χ4v) is 8.92. The van der Waals surface area contributed by atoms with E-state index >= 15 is 0 Å². The van der Waals surface area contributed by atoms with Crippen molar-refractivity contribution in [3.63, 3.8) is 0 Å². The molecule has 0 N–H and O–H groups in total. The van der Waals surface area contributed by atoms with Gasteiger partial charge in [0.1, 0.15) is 19.8 Å². The molecule has 10 heteroatoms. The average Bonchev–Trinajstić information content (AvgIpc) is 3.30. The van der Waals surface area contributed by atoms with Gasteiger partial charge in [-0.3, -0.25) is 14.2 Å². The van der Waals surface area contributed by atoms with Crippen molar-refractivity contribution in [2.75, 3.05) is 47.5 Å². The van der Waals surface area contributed by atoms with Crippen molar-refractivity contribution >= 4 is 19.8 Å². The maximum atomic E-state index is 12.7. The highest BCUT2D eigenvalue weighted by molar-refractivity contribution is 7.45. The lowest BCUT2D eigenvalue weighted by Crippen LogP contribution is -2.37. The summed E-state index contributed by atoms with van der Waals surface area (Å²) in [6, 6.07) is 0. The first-order chi connectivity index (χ1) is 33.0. The lowest BCUT2D eigenvalue weighted by Gasteiger charge is -2.28. The molecule has 0 aliphatic carbocycles. The van der Waals surface area contributed by atoms with E-state index in [0.717, 1.165) is 44.9 Å². The van der Waals surface area contributed by atoms with Gasteiger partial charge in [0.05, 0.1) is 27.7 Å². The van der Waals surface area contributed by atoms with Crippen molar-refractivity contribution in [2.24, 2.45) is 0 Å². The van der Waals surface area contributed by atoms with E-state index in [9.17, 15) is 19.0 Å². The van der Waals surface area contributed by atoms with Gasteiger partial charge in [-0.25, -0.2) is 0 Å². The standard InChI is InChI=1S/C58H110NO8P/c1-6-8-10-12-14-15-16-17-18-19-20-21-22-23-24-25-26-27-28-29-30-31-32-33-34-35-36-37-38-39-40-41-42-43-45-47-49-51-58(61)67-56(55-66-68(62,63)65-53-52-59(3,4)5)54-64-57(60)50-48-46-44-13-11-9-7-2/h16-17,19-20,22-23,56H,6-15,18,21,24-55H2,1-5H3/b17-16-,20-19-,23-22-. The molecule has 2 atom stereocenters. The first kappa shape index (κ1) is 66.2. The Bertz CT molecular complexity index is 1250. The van der Waals surface area contributed by atoms with E-state index in [1.165, 1.54) is 193 Å². The number of unbranched alkanes of at least 4 members (excludes halogenated alkanes) is 33. The van der Waals surface area contributed by atoms with E-state index in [-0.39, 0.29) is 32.0 Å². The third kappa shape index (κ3) is 53.6. The fraction of sp³-hybridized carbons (Fsp3) is 0.862. The number of nitrogens with zero attached hydrogens (tertiary/aromatic N) is 1. The summed E-state index contributed by atoms with van der Waals surface area (Å²) in [5.41, 5.74) is 0. The van der Waals surface area contributed by atoms with Crippen molar-refractivity contribution in [1.29, 1.82) is 0 Å². The molecule has 9 nitrogen and oxygen atoms in total. The lowest BCUT2D eigenvalue weighted by atomic mass is 10.0. The van der Waals surface area contributed by atoms with Gasteiger partial charge in [0.15, 0.2) is 6.10 Å². The number of rotatable bonds is 53. The van der Waals surface area contributed by atoms with Crippen LogP contribution < -0.4 is 4.89 Å². The Kier molecular flexibility index (Phi) is 48.9. The maximum Gasteiger partial charge on any atom is 0.306 e. The molecule has 0 radical (unpaired) electrons. The third-order valence-corrected chi connectivity index (χ3v) is 13.6. The average molecular weight is 980 g/mol. The molecule has 0 bridgehead atoms. The maximum absolute atomic E-state index is 12.7. The van der Waals surface area contributed by atoms with Crippen LogP contribution in [0.1, 0.15) is 271 Å². The normalized spacial score (nSPS) is 13.6. The number of esters is 2. The highest BCUT2D eigenvalue weighted by Crippen LogP contribution is 2.38. The Morgan fingerprint density at radius 3 is 1.18 bits per heavy atom. The van der Waals surface area contributed by atoms with Gasteiger partial charge in [-0.05, 0) is 51.4 Å². The topological polar surface area (TPSA) is 111 Å². The van der Waals surface area contributed by atoms with Crippen molar-refractivity contribution < 1.29 is 42.1 Å². The van der Waals surface area contributed by atoms with Gasteiger partial charge in [0, 0.05) is 12.8 Å². The summed E-state index contributed by atoms with van der Waals surface area (Å²) in [5, 5.41) is 0. The molecule has 0 aromatic heterocycles. The summed E-state index contributed by atoms with van der Waals surface area (Å²) < 4.78 is 33.9. The molecule has 0 rings (SSSR count). The molecule has 0 aliphatic heterocycles. The second kappa shape index (κ2) is 50.2. The predicted octanol–water partition coefficient (Wildman–Crippen LogP) is 17.0. The van der Waals surface area contributed by atoms with E-state index in [0.29, 0.717) is 17.4 Å². The van der Waals surface area contributed by atoms with Crippen LogP contribution in [0.5, 0.6) is 0 Å². The van der Waals surface area contributed by atoms with E-state index in [2.05, 4.69) is 50.3 Å². The lowest BCUT2D eigenvalue weighted by molar-refractivity contribution is -0.870. The summed E-state index contributed by atoms with van der Waals surface area (Å²) in [6.45, 7) is 4.19. The van der Waals surface area contributed by atoms with Crippen LogP contribution in [0.3, 0.4) is 0 Å². The Labute approximate surface area is 421 Å². The Balaban J connectivity index is 3.81. The summed E-state index contributed by atoms with van der Waals surface area (Å²) in [7, 11) is 1.18. The van der Waals surface area contributed by atoms with Crippen LogP contribution in [0.25, 0.3) is 0 Å². The molecule has 0 saturated carbocycles. The van der Waals surface area contributed by atoms with Crippen LogP contribution in [0.4, 0.5) is 0 Å². The van der Waals surface area contributed by atoms with Crippen molar-refractivity contribution in [3.05, 3.63) is 36.5 Å². The van der Waals surface area contributed by atoms with Crippen LogP contribution in [0, 0.1) is 0 Å². The summed E-state index contributed by atoms with van der Waals surface area (Å²) in [5.74, 6) is -0.830. The number of phosphoric ester groups is 1. The molecule has 0 saturated heterocycles. The number of likely N-dealkylation sites (N-methyl/N-ethyl adjacent to an activating group) is 1. The van der Waals surface area contributed by atoms with Crippen LogP contribution >= 0.6 is 7.82 Å². The minimum absolute atomic E-state index is 0.0281. The Morgan fingerprint density at radius 2 is 0.794 bits per heavy atom. The van der Waals surface area contributed by atoms with Crippen LogP contribution in [-0.4, -0.2) is 70.0 Å². The number of hydrogen-bond acceptors (Lipinski definition) is 8.